The van der Waals surface area contributed by atoms with Gasteiger partial charge in [0, 0.05) is 32.7 Å². The number of ether oxygens (including phenoxy) is 2. The average molecular weight is 494 g/mol. The summed E-state index contributed by atoms with van der Waals surface area (Å²) in [5.41, 5.74) is 1.14. The van der Waals surface area contributed by atoms with Crippen LogP contribution in [0.3, 0.4) is 0 Å². The summed E-state index contributed by atoms with van der Waals surface area (Å²) in [4.78, 5) is 31.4. The summed E-state index contributed by atoms with van der Waals surface area (Å²) in [6.45, 7) is 11.1. The number of carboxylic acid groups (broad SMARTS) is 1. The van der Waals surface area contributed by atoms with Crippen LogP contribution in [-0.4, -0.2) is 96.6 Å². The highest BCUT2D eigenvalue weighted by Gasteiger charge is 2.43. The number of carboxylic acids is 1. The van der Waals surface area contributed by atoms with Gasteiger partial charge in [0.15, 0.2) is 0 Å². The van der Waals surface area contributed by atoms with Gasteiger partial charge in [-0.05, 0) is 38.5 Å². The van der Waals surface area contributed by atoms with Crippen LogP contribution < -0.4 is 0 Å². The van der Waals surface area contributed by atoms with Crippen LogP contribution in [0.4, 0.5) is 13.2 Å². The standard InChI is InChI=1S/C19H29N3O3S.C2HF3O2/c1-14-17(26-15(2)20-14)18(23)22-5-3-19(4-6-22)11-16(25-13-19)12-21-7-9-24-10-8-21;3-2(4,5)1(6)7/h16H,3-13H2,1-2H3;(H,6,7). The molecular formula is C21H30F3N3O5S. The third-order valence-corrected chi connectivity index (χ3v) is 7.36. The molecule has 8 nitrogen and oxygen atoms in total. The fraction of sp³-hybridized carbons (Fsp3) is 0.762. The fourth-order valence-corrected chi connectivity index (χ4v) is 5.38. The van der Waals surface area contributed by atoms with Crippen molar-refractivity contribution in [2.24, 2.45) is 5.41 Å². The highest BCUT2D eigenvalue weighted by Crippen LogP contribution is 2.42. The molecule has 1 aromatic heterocycles. The first-order chi connectivity index (χ1) is 15.5. The van der Waals surface area contributed by atoms with Crippen LogP contribution in [0, 0.1) is 19.3 Å². The van der Waals surface area contributed by atoms with Crippen molar-refractivity contribution in [1.29, 1.82) is 0 Å². The van der Waals surface area contributed by atoms with E-state index >= 15 is 0 Å². The Morgan fingerprint density at radius 1 is 1.18 bits per heavy atom. The number of alkyl halides is 3. The summed E-state index contributed by atoms with van der Waals surface area (Å²) in [5, 5.41) is 8.09. The van der Waals surface area contributed by atoms with Gasteiger partial charge in [0.2, 0.25) is 0 Å². The Balaban J connectivity index is 0.000000383. The van der Waals surface area contributed by atoms with Crippen molar-refractivity contribution in [3.63, 3.8) is 0 Å². The lowest BCUT2D eigenvalue weighted by Gasteiger charge is -2.38. The highest BCUT2D eigenvalue weighted by molar-refractivity contribution is 7.13. The zero-order valence-electron chi connectivity index (χ0n) is 18.8. The van der Waals surface area contributed by atoms with E-state index in [4.69, 9.17) is 19.4 Å². The van der Waals surface area contributed by atoms with E-state index in [1.807, 2.05) is 18.7 Å². The minimum atomic E-state index is -5.08. The molecule has 0 radical (unpaired) electrons. The van der Waals surface area contributed by atoms with Gasteiger partial charge in [-0.25, -0.2) is 9.78 Å². The third kappa shape index (κ3) is 6.87. The highest BCUT2D eigenvalue weighted by atomic mass is 32.1. The summed E-state index contributed by atoms with van der Waals surface area (Å²) >= 11 is 1.52. The van der Waals surface area contributed by atoms with E-state index in [1.165, 1.54) is 11.3 Å². The topological polar surface area (TPSA) is 92.2 Å². The first kappa shape index (κ1) is 25.9. The van der Waals surface area contributed by atoms with Crippen LogP contribution in [0.2, 0.25) is 0 Å². The van der Waals surface area contributed by atoms with Crippen LogP contribution in [0.1, 0.15) is 39.6 Å². The van der Waals surface area contributed by atoms with Crippen LogP contribution in [-0.2, 0) is 14.3 Å². The largest absolute Gasteiger partial charge is 0.490 e. The zero-order chi connectivity index (χ0) is 24.2. The Labute approximate surface area is 194 Å². The number of aryl methyl sites for hydroxylation is 2. The number of likely N-dealkylation sites (tertiary alicyclic amines) is 1. The lowest BCUT2D eigenvalue weighted by atomic mass is 9.76. The lowest BCUT2D eigenvalue weighted by molar-refractivity contribution is -0.192. The monoisotopic (exact) mass is 493 g/mol. The molecule has 1 atom stereocenters. The van der Waals surface area contributed by atoms with Gasteiger partial charge < -0.3 is 19.5 Å². The Morgan fingerprint density at radius 3 is 2.30 bits per heavy atom. The first-order valence-electron chi connectivity index (χ1n) is 10.9. The van der Waals surface area contributed by atoms with E-state index in [2.05, 4.69) is 9.88 Å². The summed E-state index contributed by atoms with van der Waals surface area (Å²) in [6, 6.07) is 0. The minimum absolute atomic E-state index is 0.159. The molecule has 0 saturated carbocycles. The molecule has 3 aliphatic rings. The van der Waals surface area contributed by atoms with E-state index in [9.17, 15) is 18.0 Å². The molecule has 3 aliphatic heterocycles. The number of aromatic nitrogens is 1. The van der Waals surface area contributed by atoms with Gasteiger partial charge in [-0.2, -0.15) is 13.2 Å². The SMILES string of the molecule is Cc1nc(C)c(C(=O)N2CCC3(CC2)COC(CN2CCOCC2)C3)s1.O=C(O)C(F)(F)F. The number of aliphatic carboxylic acids is 1. The predicted molar refractivity (Wildman–Crippen MR) is 114 cm³/mol. The van der Waals surface area contributed by atoms with E-state index in [-0.39, 0.29) is 11.3 Å². The first-order valence-corrected chi connectivity index (χ1v) is 11.8. The van der Waals surface area contributed by atoms with Crippen molar-refractivity contribution in [2.75, 3.05) is 52.5 Å². The average Bonchev–Trinajstić information content (AvgIpc) is 3.30. The summed E-state index contributed by atoms with van der Waals surface area (Å²) in [5.74, 6) is -2.60. The fourth-order valence-electron chi connectivity index (χ4n) is 4.49. The van der Waals surface area contributed by atoms with Crippen LogP contribution in [0.5, 0.6) is 0 Å². The number of morpholine rings is 1. The molecule has 3 fully saturated rings. The lowest BCUT2D eigenvalue weighted by Crippen LogP contribution is -2.44. The number of hydrogen-bond donors (Lipinski definition) is 1. The van der Waals surface area contributed by atoms with Gasteiger partial charge in [0.05, 0.1) is 36.6 Å². The second-order valence-corrected chi connectivity index (χ2v) is 10.00. The Kier molecular flexibility index (Phi) is 8.35. The quantitative estimate of drug-likeness (QED) is 0.692. The number of carbonyl (C=O) groups excluding carboxylic acids is 1. The molecule has 1 amide bonds. The maximum Gasteiger partial charge on any atom is 0.490 e. The summed E-state index contributed by atoms with van der Waals surface area (Å²) < 4.78 is 43.3. The number of halogens is 3. The number of piperidine rings is 1. The molecule has 1 N–H and O–H groups in total. The van der Waals surface area contributed by atoms with E-state index in [1.54, 1.807) is 0 Å². The van der Waals surface area contributed by atoms with Gasteiger partial charge in [0.25, 0.3) is 5.91 Å². The van der Waals surface area contributed by atoms with Crippen molar-refractivity contribution in [3.8, 4) is 0 Å². The predicted octanol–water partition coefficient (Wildman–Crippen LogP) is 2.74. The number of carbonyl (C=O) groups is 2. The Morgan fingerprint density at radius 2 is 1.79 bits per heavy atom. The Bertz CT molecular complexity index is 834. The molecule has 186 valence electrons. The van der Waals surface area contributed by atoms with Gasteiger partial charge >= 0.3 is 12.1 Å². The normalized spacial score (nSPS) is 23.3. The van der Waals surface area contributed by atoms with Crippen molar-refractivity contribution < 1.29 is 37.3 Å². The van der Waals surface area contributed by atoms with Crippen LogP contribution in [0.15, 0.2) is 0 Å². The molecule has 0 bridgehead atoms. The number of rotatable bonds is 3. The van der Waals surface area contributed by atoms with Crippen LogP contribution >= 0.6 is 11.3 Å². The van der Waals surface area contributed by atoms with Crippen molar-refractivity contribution in [1.82, 2.24) is 14.8 Å². The third-order valence-electron chi connectivity index (χ3n) is 6.30. The molecule has 3 saturated heterocycles. The molecule has 0 aliphatic carbocycles. The molecule has 33 heavy (non-hydrogen) atoms. The van der Waals surface area contributed by atoms with Gasteiger partial charge in [-0.3, -0.25) is 9.69 Å². The molecule has 4 heterocycles. The maximum atomic E-state index is 12.8. The van der Waals surface area contributed by atoms with E-state index in [0.29, 0.717) is 6.10 Å². The Hall–Kier alpha value is -1.76. The molecule has 1 spiro atoms. The minimum Gasteiger partial charge on any atom is -0.475 e. The number of amides is 1. The zero-order valence-corrected chi connectivity index (χ0v) is 19.6. The molecular weight excluding hydrogens is 463 g/mol. The summed E-state index contributed by atoms with van der Waals surface area (Å²) in [7, 11) is 0. The molecule has 4 rings (SSSR count). The van der Waals surface area contributed by atoms with Gasteiger partial charge in [-0.1, -0.05) is 0 Å². The number of thiazole rings is 1. The number of hydrogen-bond acceptors (Lipinski definition) is 7. The molecule has 1 aromatic rings. The smallest absolute Gasteiger partial charge is 0.475 e. The summed E-state index contributed by atoms with van der Waals surface area (Å²) in [6.07, 6.45) is -1.52. The molecule has 0 aromatic carbocycles. The van der Waals surface area contributed by atoms with Crippen molar-refractivity contribution >= 4 is 23.2 Å². The van der Waals surface area contributed by atoms with Gasteiger partial charge in [0.1, 0.15) is 4.88 Å². The maximum absolute atomic E-state index is 12.8. The second kappa shape index (κ2) is 10.7. The van der Waals surface area contributed by atoms with Gasteiger partial charge in [-0.15, -0.1) is 11.3 Å². The van der Waals surface area contributed by atoms with Crippen molar-refractivity contribution in [2.45, 2.75) is 45.4 Å². The second-order valence-electron chi connectivity index (χ2n) is 8.79. The van der Waals surface area contributed by atoms with Crippen LogP contribution in [0.25, 0.3) is 0 Å². The molecule has 1 unspecified atom stereocenters. The number of nitrogens with zero attached hydrogens (tertiary/aromatic N) is 3. The van der Waals surface area contributed by atoms with Crippen molar-refractivity contribution in [3.05, 3.63) is 15.6 Å². The van der Waals surface area contributed by atoms with E-state index < -0.39 is 12.1 Å². The molecule has 12 heteroatoms. The van der Waals surface area contributed by atoms with E-state index in [0.717, 1.165) is 87.4 Å².